The monoisotopic (exact) mass is 635 g/mol. The van der Waals surface area contributed by atoms with Crippen molar-refractivity contribution in [3.8, 4) is 17.1 Å². The molecule has 5 heterocycles. The molecule has 5 aromatic heterocycles. The minimum Gasteiger partial charge on any atom is -0.307 e. The molecule has 12 aromatic rings. The second-order valence-corrected chi connectivity index (χ2v) is 13.2. The highest BCUT2D eigenvalue weighted by atomic mass is 15.1. The van der Waals surface area contributed by atoms with Gasteiger partial charge < -0.3 is 4.40 Å². The Bertz CT molecular complexity index is 3370. The fourth-order valence-electron chi connectivity index (χ4n) is 8.63. The van der Waals surface area contributed by atoms with Gasteiger partial charge in [-0.1, -0.05) is 115 Å². The van der Waals surface area contributed by atoms with Crippen molar-refractivity contribution in [3.63, 3.8) is 0 Å². The molecular formula is C45H25N5. The summed E-state index contributed by atoms with van der Waals surface area (Å²) < 4.78 is 4.89. The van der Waals surface area contributed by atoms with Gasteiger partial charge >= 0.3 is 0 Å². The fourth-order valence-corrected chi connectivity index (χ4v) is 8.63. The molecule has 0 bridgehead atoms. The highest BCUT2D eigenvalue weighted by molar-refractivity contribution is 6.39. The van der Waals surface area contributed by atoms with Gasteiger partial charge in [0.25, 0.3) is 0 Å². The highest BCUT2D eigenvalue weighted by Crippen LogP contribution is 2.49. The van der Waals surface area contributed by atoms with Crippen LogP contribution in [0.2, 0.25) is 0 Å². The van der Waals surface area contributed by atoms with E-state index in [1.54, 1.807) is 6.20 Å². The predicted octanol–water partition coefficient (Wildman–Crippen LogP) is 11.2. The molecule has 0 aliphatic heterocycles. The number of nitrogens with zero attached hydrogens (tertiary/aromatic N) is 5. The minimum absolute atomic E-state index is 0.621. The Kier molecular flexibility index (Phi) is 4.91. The van der Waals surface area contributed by atoms with Gasteiger partial charge in [-0.3, -0.25) is 4.57 Å². The molecule has 0 saturated carbocycles. The van der Waals surface area contributed by atoms with Crippen LogP contribution in [0.5, 0.6) is 0 Å². The van der Waals surface area contributed by atoms with Gasteiger partial charge in [0, 0.05) is 49.5 Å². The fraction of sp³-hybridized carbons (Fsp3) is 0. The summed E-state index contributed by atoms with van der Waals surface area (Å²) in [5.74, 6) is 0.766. The zero-order valence-corrected chi connectivity index (χ0v) is 26.7. The molecule has 5 heteroatoms. The van der Waals surface area contributed by atoms with E-state index >= 15 is 0 Å². The Labute approximate surface area is 284 Å². The van der Waals surface area contributed by atoms with Gasteiger partial charge in [0.1, 0.15) is 11.2 Å². The normalized spacial score (nSPS) is 12.4. The molecule has 7 aromatic carbocycles. The van der Waals surface area contributed by atoms with E-state index < -0.39 is 0 Å². The van der Waals surface area contributed by atoms with Crippen LogP contribution in [0, 0.1) is 0 Å². The van der Waals surface area contributed by atoms with Crippen LogP contribution in [0.4, 0.5) is 0 Å². The first-order valence-electron chi connectivity index (χ1n) is 17.0. The second-order valence-electron chi connectivity index (χ2n) is 13.2. The second kappa shape index (κ2) is 9.40. The molecule has 0 radical (unpaired) electrons. The van der Waals surface area contributed by atoms with Crippen LogP contribution in [-0.2, 0) is 0 Å². The van der Waals surface area contributed by atoms with Crippen LogP contribution in [-0.4, -0.2) is 23.9 Å². The van der Waals surface area contributed by atoms with E-state index in [9.17, 15) is 0 Å². The van der Waals surface area contributed by atoms with Gasteiger partial charge in [-0.15, -0.1) is 0 Å². The van der Waals surface area contributed by atoms with Gasteiger partial charge in [-0.05, 0) is 46.5 Å². The SMILES string of the molecule is c1ccc(-c2nc3cccnc3nc2-n2c3ccccc3c3c2c2ccccc2c2c4cccc5c6cc7ccccc7cc6n(c54)c23)cc1. The third kappa shape index (κ3) is 3.24. The largest absolute Gasteiger partial charge is 0.307 e. The smallest absolute Gasteiger partial charge is 0.180 e. The summed E-state index contributed by atoms with van der Waals surface area (Å²) in [6, 6.07) is 52.1. The van der Waals surface area contributed by atoms with Crippen molar-refractivity contribution in [1.29, 1.82) is 0 Å². The molecule has 12 rings (SSSR count). The standard InChI is InChI=1S/C45H25N5/c1-2-12-26(13-3-1)40-45(48-44-35(47-40)21-11-23-46-44)50-36-22-9-8-18-32(36)39-42(50)30-17-7-6-16-29(30)38-33-20-10-19-31-34-24-27-14-4-5-15-28(27)25-37(34)49(41(31)33)43(38)39/h1-25H. The van der Waals surface area contributed by atoms with Crippen molar-refractivity contribution in [1.82, 2.24) is 23.9 Å². The lowest BCUT2D eigenvalue weighted by Gasteiger charge is -2.15. The van der Waals surface area contributed by atoms with Crippen LogP contribution in [0.15, 0.2) is 152 Å². The topological polar surface area (TPSA) is 48.0 Å². The molecule has 5 nitrogen and oxygen atoms in total. The van der Waals surface area contributed by atoms with Crippen molar-refractivity contribution in [2.75, 3.05) is 0 Å². The van der Waals surface area contributed by atoms with Crippen molar-refractivity contribution in [2.45, 2.75) is 0 Å². The molecule has 0 N–H and O–H groups in total. The van der Waals surface area contributed by atoms with E-state index in [1.807, 2.05) is 18.2 Å². The molecule has 0 atom stereocenters. The maximum Gasteiger partial charge on any atom is 0.180 e. The lowest BCUT2D eigenvalue weighted by atomic mass is 9.98. The van der Waals surface area contributed by atoms with Crippen LogP contribution < -0.4 is 0 Å². The Morgan fingerprint density at radius 3 is 2.02 bits per heavy atom. The van der Waals surface area contributed by atoms with E-state index in [0.717, 1.165) is 33.6 Å². The Morgan fingerprint density at radius 2 is 1.14 bits per heavy atom. The molecule has 0 saturated heterocycles. The van der Waals surface area contributed by atoms with Crippen LogP contribution in [0.3, 0.4) is 0 Å². The van der Waals surface area contributed by atoms with Gasteiger partial charge in [0.05, 0.1) is 27.6 Å². The summed E-state index contributed by atoms with van der Waals surface area (Å²) >= 11 is 0. The van der Waals surface area contributed by atoms with Gasteiger partial charge in [0.15, 0.2) is 11.5 Å². The lowest BCUT2D eigenvalue weighted by Crippen LogP contribution is -2.04. The number of hydrogen-bond donors (Lipinski definition) is 0. The van der Waals surface area contributed by atoms with E-state index in [-0.39, 0.29) is 0 Å². The third-order valence-electron chi connectivity index (χ3n) is 10.6. The number of benzene rings is 7. The molecule has 0 aliphatic rings. The number of fused-ring (bicyclic) bond motifs is 15. The molecular weight excluding hydrogens is 611 g/mol. The lowest BCUT2D eigenvalue weighted by molar-refractivity contribution is 1.07. The molecule has 0 fully saturated rings. The molecule has 50 heavy (non-hydrogen) atoms. The maximum absolute atomic E-state index is 5.33. The predicted molar refractivity (Wildman–Crippen MR) is 207 cm³/mol. The highest BCUT2D eigenvalue weighted by Gasteiger charge is 2.27. The van der Waals surface area contributed by atoms with E-state index in [0.29, 0.717) is 5.65 Å². The van der Waals surface area contributed by atoms with Crippen molar-refractivity contribution in [2.24, 2.45) is 0 Å². The van der Waals surface area contributed by atoms with E-state index in [1.165, 1.54) is 70.4 Å². The summed E-state index contributed by atoms with van der Waals surface area (Å²) in [7, 11) is 0. The van der Waals surface area contributed by atoms with Crippen LogP contribution in [0.25, 0.3) is 110 Å². The number of rotatable bonds is 2. The maximum atomic E-state index is 5.33. The zero-order valence-electron chi connectivity index (χ0n) is 26.7. The summed E-state index contributed by atoms with van der Waals surface area (Å²) in [6.45, 7) is 0. The molecule has 0 aliphatic carbocycles. The Morgan fingerprint density at radius 1 is 0.440 bits per heavy atom. The summed E-state index contributed by atoms with van der Waals surface area (Å²) in [4.78, 5) is 15.3. The number of para-hydroxylation sites is 2. The van der Waals surface area contributed by atoms with Crippen LogP contribution >= 0.6 is 0 Å². The number of pyridine rings is 1. The first kappa shape index (κ1) is 26.1. The van der Waals surface area contributed by atoms with Crippen molar-refractivity contribution in [3.05, 3.63) is 152 Å². The number of hydrogen-bond acceptors (Lipinski definition) is 3. The average Bonchev–Trinajstić information content (AvgIpc) is 3.82. The third-order valence-corrected chi connectivity index (χ3v) is 10.6. The first-order chi connectivity index (χ1) is 24.8. The minimum atomic E-state index is 0.621. The van der Waals surface area contributed by atoms with Gasteiger partial charge in [-0.2, -0.15) is 0 Å². The zero-order chi connectivity index (χ0) is 32.5. The summed E-state index contributed by atoms with van der Waals surface area (Å²) in [5, 5.41) is 12.4. The van der Waals surface area contributed by atoms with Gasteiger partial charge in [0.2, 0.25) is 0 Å². The summed E-state index contributed by atoms with van der Waals surface area (Å²) in [5.41, 5.74) is 9.12. The molecule has 230 valence electrons. The van der Waals surface area contributed by atoms with Crippen molar-refractivity contribution < 1.29 is 0 Å². The van der Waals surface area contributed by atoms with E-state index in [4.69, 9.17) is 9.97 Å². The van der Waals surface area contributed by atoms with E-state index in [2.05, 4.69) is 141 Å². The molecule has 0 spiro atoms. The van der Waals surface area contributed by atoms with Gasteiger partial charge in [-0.25, -0.2) is 15.0 Å². The molecule has 0 amide bonds. The molecule has 0 unspecified atom stereocenters. The number of aromatic nitrogens is 5. The Balaban J connectivity index is 1.38. The quantitative estimate of drug-likeness (QED) is 0.190. The van der Waals surface area contributed by atoms with Crippen LogP contribution in [0.1, 0.15) is 0 Å². The Hall–Kier alpha value is -6.85. The summed E-state index contributed by atoms with van der Waals surface area (Å²) in [6.07, 6.45) is 1.79. The first-order valence-corrected chi connectivity index (χ1v) is 17.0. The van der Waals surface area contributed by atoms with Crippen molar-refractivity contribution >= 4 is 92.6 Å². The average molecular weight is 636 g/mol.